The van der Waals surface area contributed by atoms with Gasteiger partial charge in [0, 0.05) is 10.9 Å². The van der Waals surface area contributed by atoms with Crippen molar-refractivity contribution in [2.45, 2.75) is 0 Å². The van der Waals surface area contributed by atoms with Crippen molar-refractivity contribution < 1.29 is 24.6 Å². The number of hydrogen-bond acceptors (Lipinski definition) is 5. The second-order valence-corrected chi connectivity index (χ2v) is 6.61. The molecule has 0 bridgehead atoms. The van der Waals surface area contributed by atoms with Crippen LogP contribution < -0.4 is 0 Å². The zero-order chi connectivity index (χ0) is 21.4. The summed E-state index contributed by atoms with van der Waals surface area (Å²) in [5.41, 5.74) is -1.03. The number of carbonyl (C=O) groups excluding carboxylic acids is 1. The molecule has 0 saturated carbocycles. The van der Waals surface area contributed by atoms with Crippen LogP contribution in [0, 0.1) is 4.91 Å². The third kappa shape index (κ3) is 2.89. The Bertz CT molecular complexity index is 1390. The van der Waals surface area contributed by atoms with Crippen molar-refractivity contribution in [3.05, 3.63) is 93.9 Å². The van der Waals surface area contributed by atoms with E-state index in [1.165, 1.54) is 18.2 Å². The van der Waals surface area contributed by atoms with Crippen LogP contribution in [-0.4, -0.2) is 27.9 Å². The first-order chi connectivity index (χ1) is 14.4. The molecule has 0 aliphatic rings. The van der Waals surface area contributed by atoms with Gasteiger partial charge in [0.15, 0.2) is 5.78 Å². The number of carbonyl (C=O) groups is 3. The monoisotopic (exact) mass is 399 g/mol. The molecule has 0 aliphatic carbocycles. The molecule has 0 amide bonds. The highest BCUT2D eigenvalue weighted by atomic mass is 16.4. The second kappa shape index (κ2) is 7.21. The summed E-state index contributed by atoms with van der Waals surface area (Å²) in [6.07, 6.45) is 0. The van der Waals surface area contributed by atoms with E-state index in [4.69, 9.17) is 0 Å². The van der Waals surface area contributed by atoms with Gasteiger partial charge in [-0.05, 0) is 33.5 Å². The van der Waals surface area contributed by atoms with Gasteiger partial charge in [0.05, 0.1) is 16.7 Å². The molecule has 7 nitrogen and oxygen atoms in total. The van der Waals surface area contributed by atoms with Crippen molar-refractivity contribution in [1.29, 1.82) is 0 Å². The second-order valence-electron chi connectivity index (χ2n) is 6.61. The molecule has 2 N–H and O–H groups in total. The molecule has 0 saturated heterocycles. The summed E-state index contributed by atoms with van der Waals surface area (Å²) in [6.45, 7) is 0. The van der Waals surface area contributed by atoms with Gasteiger partial charge in [-0.3, -0.25) is 4.79 Å². The maximum Gasteiger partial charge on any atom is 0.336 e. The van der Waals surface area contributed by atoms with Crippen molar-refractivity contribution in [3.63, 3.8) is 0 Å². The molecular formula is C23H13NO6. The first-order valence-corrected chi connectivity index (χ1v) is 8.86. The average Bonchev–Trinajstić information content (AvgIpc) is 2.76. The Kier molecular flexibility index (Phi) is 4.56. The van der Waals surface area contributed by atoms with E-state index in [1.807, 2.05) is 0 Å². The van der Waals surface area contributed by atoms with Crippen LogP contribution in [0.3, 0.4) is 0 Å². The van der Waals surface area contributed by atoms with E-state index in [0.717, 1.165) is 6.07 Å². The molecule has 4 aromatic rings. The topological polar surface area (TPSA) is 121 Å². The normalized spacial score (nSPS) is 10.8. The third-order valence-corrected chi connectivity index (χ3v) is 4.97. The molecule has 0 spiro atoms. The van der Waals surface area contributed by atoms with Crippen molar-refractivity contribution >= 4 is 45.0 Å². The van der Waals surface area contributed by atoms with Gasteiger partial charge in [0.2, 0.25) is 0 Å². The molecule has 0 radical (unpaired) electrons. The van der Waals surface area contributed by atoms with Crippen LogP contribution in [0.5, 0.6) is 0 Å². The highest BCUT2D eigenvalue weighted by Crippen LogP contribution is 2.35. The molecule has 0 fully saturated rings. The summed E-state index contributed by atoms with van der Waals surface area (Å²) in [5, 5.41) is 23.8. The average molecular weight is 399 g/mol. The number of hydrogen-bond donors (Lipinski definition) is 2. The Hall–Kier alpha value is -4.39. The molecule has 0 atom stereocenters. The zero-order valence-electron chi connectivity index (χ0n) is 15.3. The number of aromatic carboxylic acids is 2. The molecule has 0 aromatic heterocycles. The molecule has 146 valence electrons. The van der Waals surface area contributed by atoms with Gasteiger partial charge < -0.3 is 10.2 Å². The maximum absolute atomic E-state index is 13.5. The van der Waals surface area contributed by atoms with E-state index in [0.29, 0.717) is 10.8 Å². The van der Waals surface area contributed by atoms with E-state index >= 15 is 0 Å². The van der Waals surface area contributed by atoms with Crippen LogP contribution in [-0.2, 0) is 0 Å². The Labute approximate surface area is 169 Å². The SMILES string of the molecule is O=Nc1c(C(=O)c2c(C(=O)O)cc(C(=O)O)c3ccccc23)ccc2ccccc12. The van der Waals surface area contributed by atoms with Crippen molar-refractivity contribution in [3.8, 4) is 0 Å². The first-order valence-electron chi connectivity index (χ1n) is 8.86. The number of benzene rings is 4. The Morgan fingerprint density at radius 3 is 1.90 bits per heavy atom. The Balaban J connectivity index is 2.08. The molecule has 4 aromatic carbocycles. The zero-order valence-corrected chi connectivity index (χ0v) is 15.3. The number of fused-ring (bicyclic) bond motifs is 2. The van der Waals surface area contributed by atoms with Crippen LogP contribution in [0.2, 0.25) is 0 Å². The highest BCUT2D eigenvalue weighted by Gasteiger charge is 2.27. The lowest BCUT2D eigenvalue weighted by Gasteiger charge is -2.13. The minimum absolute atomic E-state index is 0.0561. The van der Waals surface area contributed by atoms with Gasteiger partial charge >= 0.3 is 11.9 Å². The minimum atomic E-state index is -1.45. The van der Waals surface area contributed by atoms with Crippen molar-refractivity contribution in [1.82, 2.24) is 0 Å². The third-order valence-electron chi connectivity index (χ3n) is 4.97. The highest BCUT2D eigenvalue weighted by molar-refractivity contribution is 6.26. The standard InChI is InChI=1S/C23H13NO6/c25-21(16-10-9-12-5-1-2-6-13(12)20(16)24-30)19-15-8-4-3-7-14(15)17(22(26)27)11-18(19)23(28)29/h1-11H,(H,26,27)(H,28,29). The molecule has 30 heavy (non-hydrogen) atoms. The molecule has 0 aliphatic heterocycles. The Morgan fingerprint density at radius 2 is 1.27 bits per heavy atom. The van der Waals surface area contributed by atoms with Crippen LogP contribution >= 0.6 is 0 Å². The van der Waals surface area contributed by atoms with E-state index < -0.39 is 23.3 Å². The summed E-state index contributed by atoms with van der Waals surface area (Å²) < 4.78 is 0. The van der Waals surface area contributed by atoms with Gasteiger partial charge in [-0.25, -0.2) is 9.59 Å². The van der Waals surface area contributed by atoms with Gasteiger partial charge in [-0.1, -0.05) is 54.6 Å². The predicted molar refractivity (Wildman–Crippen MR) is 111 cm³/mol. The van der Waals surface area contributed by atoms with E-state index in [1.54, 1.807) is 42.5 Å². The lowest BCUT2D eigenvalue weighted by Crippen LogP contribution is -2.13. The number of carboxylic acid groups (broad SMARTS) is 2. The van der Waals surface area contributed by atoms with Gasteiger partial charge in [0.25, 0.3) is 0 Å². The molecule has 0 heterocycles. The molecule has 7 heteroatoms. The van der Waals surface area contributed by atoms with Crippen LogP contribution in [0.4, 0.5) is 5.69 Å². The van der Waals surface area contributed by atoms with Crippen LogP contribution in [0.25, 0.3) is 21.5 Å². The van der Waals surface area contributed by atoms with E-state index in [2.05, 4.69) is 5.18 Å². The summed E-state index contributed by atoms with van der Waals surface area (Å²) in [5.74, 6) is -3.48. The fraction of sp³-hybridized carbons (Fsp3) is 0. The number of carboxylic acids is 2. The molecule has 0 unspecified atom stereocenters. The molecular weight excluding hydrogens is 386 g/mol. The minimum Gasteiger partial charge on any atom is -0.478 e. The number of nitrogens with zero attached hydrogens (tertiary/aromatic N) is 1. The summed E-state index contributed by atoms with van der Waals surface area (Å²) >= 11 is 0. The van der Waals surface area contributed by atoms with Crippen molar-refractivity contribution in [2.24, 2.45) is 5.18 Å². The van der Waals surface area contributed by atoms with Crippen LogP contribution in [0.1, 0.15) is 36.6 Å². The van der Waals surface area contributed by atoms with Gasteiger partial charge in [0.1, 0.15) is 5.69 Å². The summed E-state index contributed by atoms with van der Waals surface area (Å²) in [6, 6.07) is 17.1. The lowest BCUT2D eigenvalue weighted by atomic mass is 9.88. The van der Waals surface area contributed by atoms with Gasteiger partial charge in [-0.15, -0.1) is 4.91 Å². The first kappa shape index (κ1) is 18.9. The van der Waals surface area contributed by atoms with Crippen LogP contribution in [0.15, 0.2) is 71.9 Å². The smallest absolute Gasteiger partial charge is 0.336 e. The number of nitroso groups, excluding NO2 is 1. The van der Waals surface area contributed by atoms with Crippen molar-refractivity contribution in [2.75, 3.05) is 0 Å². The maximum atomic E-state index is 13.5. The van der Waals surface area contributed by atoms with E-state index in [9.17, 15) is 29.5 Å². The molecule has 4 rings (SSSR count). The quantitative estimate of drug-likeness (QED) is 0.359. The lowest BCUT2D eigenvalue weighted by molar-refractivity contribution is 0.0693. The Morgan fingerprint density at radius 1 is 0.667 bits per heavy atom. The van der Waals surface area contributed by atoms with Gasteiger partial charge in [-0.2, -0.15) is 0 Å². The largest absolute Gasteiger partial charge is 0.478 e. The number of ketones is 1. The summed E-state index contributed by atoms with van der Waals surface area (Å²) in [4.78, 5) is 48.7. The van der Waals surface area contributed by atoms with E-state index in [-0.39, 0.29) is 33.2 Å². The fourth-order valence-corrected chi connectivity index (χ4v) is 3.64. The number of rotatable bonds is 5. The summed E-state index contributed by atoms with van der Waals surface area (Å²) in [7, 11) is 0. The fourth-order valence-electron chi connectivity index (χ4n) is 3.64. The predicted octanol–water partition coefficient (Wildman–Crippen LogP) is 5.02.